The molecular weight excluding hydrogens is 464 g/mol. The molecule has 1 aliphatic heterocycles. The first-order chi connectivity index (χ1) is 16.7. The normalized spacial score (nSPS) is 15.7. The van der Waals surface area contributed by atoms with Gasteiger partial charge in [0, 0.05) is 0 Å². The molecule has 0 bridgehead atoms. The fraction of sp³-hybridized carbons (Fsp3) is 0.259. The molecule has 180 valence electrons. The molecule has 0 saturated heterocycles. The monoisotopic (exact) mass is 490 g/mol. The summed E-state index contributed by atoms with van der Waals surface area (Å²) in [5.41, 5.74) is 3.40. The molecule has 0 amide bonds. The van der Waals surface area contributed by atoms with Gasteiger partial charge >= 0.3 is 11.9 Å². The Labute approximate surface area is 206 Å². The molecule has 1 N–H and O–H groups in total. The summed E-state index contributed by atoms with van der Waals surface area (Å²) >= 11 is 1.23. The summed E-state index contributed by atoms with van der Waals surface area (Å²) in [6.07, 6.45) is 1.71. The fourth-order valence-electron chi connectivity index (χ4n) is 4.04. The highest BCUT2D eigenvalue weighted by Crippen LogP contribution is 2.31. The molecule has 1 atom stereocenters. The molecule has 0 radical (unpaired) electrons. The van der Waals surface area contributed by atoms with Crippen LogP contribution in [0.3, 0.4) is 0 Å². The number of rotatable bonds is 6. The average Bonchev–Trinajstić information content (AvgIpc) is 3.13. The number of ether oxygens (including phenoxy) is 1. The second kappa shape index (κ2) is 9.84. The van der Waals surface area contributed by atoms with Gasteiger partial charge in [-0.2, -0.15) is 0 Å². The van der Waals surface area contributed by atoms with Gasteiger partial charge in [-0.15, -0.1) is 0 Å². The molecule has 1 aliphatic rings. The van der Waals surface area contributed by atoms with Gasteiger partial charge in [0.15, 0.2) is 4.80 Å². The van der Waals surface area contributed by atoms with E-state index in [1.165, 1.54) is 23.5 Å². The largest absolute Gasteiger partial charge is 0.478 e. The van der Waals surface area contributed by atoms with Crippen molar-refractivity contribution in [3.63, 3.8) is 0 Å². The van der Waals surface area contributed by atoms with E-state index in [2.05, 4.69) is 18.8 Å². The summed E-state index contributed by atoms with van der Waals surface area (Å²) in [5.74, 6) is -1.16. The first-order valence-electron chi connectivity index (χ1n) is 11.3. The molecule has 3 aromatic rings. The number of benzene rings is 2. The lowest BCUT2D eigenvalue weighted by Gasteiger charge is -2.25. The Morgan fingerprint density at radius 3 is 2.37 bits per heavy atom. The highest BCUT2D eigenvalue weighted by molar-refractivity contribution is 7.07. The van der Waals surface area contributed by atoms with Crippen LogP contribution in [-0.2, 0) is 9.53 Å². The summed E-state index contributed by atoms with van der Waals surface area (Å²) < 4.78 is 7.31. The predicted molar refractivity (Wildman–Crippen MR) is 134 cm³/mol. The smallest absolute Gasteiger partial charge is 0.338 e. The molecule has 8 heteroatoms. The summed E-state index contributed by atoms with van der Waals surface area (Å²) in [5, 5.41) is 9.12. The average molecular weight is 491 g/mol. The maximum atomic E-state index is 13.6. The molecule has 0 unspecified atom stereocenters. The zero-order valence-corrected chi connectivity index (χ0v) is 20.8. The molecule has 0 saturated carbocycles. The van der Waals surface area contributed by atoms with E-state index in [-0.39, 0.29) is 17.7 Å². The van der Waals surface area contributed by atoms with Gasteiger partial charge in [0.2, 0.25) is 0 Å². The van der Waals surface area contributed by atoms with E-state index in [1.54, 1.807) is 36.6 Å². The summed E-state index contributed by atoms with van der Waals surface area (Å²) in [6, 6.07) is 13.5. The number of nitrogens with zero attached hydrogens (tertiary/aromatic N) is 2. The molecule has 2 heterocycles. The number of thiazole rings is 1. The van der Waals surface area contributed by atoms with Gasteiger partial charge in [-0.05, 0) is 54.7 Å². The molecule has 2 aromatic carbocycles. The van der Waals surface area contributed by atoms with Crippen molar-refractivity contribution in [3.05, 3.63) is 102 Å². The van der Waals surface area contributed by atoms with Gasteiger partial charge in [0.05, 0.1) is 34.0 Å². The fourth-order valence-corrected chi connectivity index (χ4v) is 5.09. The minimum absolute atomic E-state index is 0.170. The second-order valence-corrected chi connectivity index (χ2v) is 9.56. The van der Waals surface area contributed by atoms with Crippen LogP contribution >= 0.6 is 11.3 Å². The van der Waals surface area contributed by atoms with Crippen molar-refractivity contribution in [1.82, 2.24) is 4.57 Å². The number of carboxylic acids is 1. The van der Waals surface area contributed by atoms with Gasteiger partial charge in [-0.1, -0.05) is 61.6 Å². The van der Waals surface area contributed by atoms with Crippen LogP contribution in [0.5, 0.6) is 0 Å². The van der Waals surface area contributed by atoms with E-state index in [0.29, 0.717) is 32.1 Å². The van der Waals surface area contributed by atoms with E-state index in [0.717, 1.165) is 11.1 Å². The summed E-state index contributed by atoms with van der Waals surface area (Å²) in [6.45, 7) is 7.92. The van der Waals surface area contributed by atoms with Crippen molar-refractivity contribution in [2.24, 2.45) is 4.99 Å². The Morgan fingerprint density at radius 2 is 1.80 bits per heavy atom. The first-order valence-corrected chi connectivity index (χ1v) is 12.2. The Balaban J connectivity index is 1.89. The third-order valence-electron chi connectivity index (χ3n) is 5.89. The van der Waals surface area contributed by atoms with E-state index < -0.39 is 18.0 Å². The zero-order valence-electron chi connectivity index (χ0n) is 19.9. The zero-order chi connectivity index (χ0) is 25.3. The molecule has 7 nitrogen and oxygen atoms in total. The first kappa shape index (κ1) is 24.3. The highest BCUT2D eigenvalue weighted by atomic mass is 32.1. The third-order valence-corrected chi connectivity index (χ3v) is 6.87. The quantitative estimate of drug-likeness (QED) is 0.532. The third kappa shape index (κ3) is 4.74. The Kier molecular flexibility index (Phi) is 6.84. The number of carbonyl (C=O) groups is 2. The summed E-state index contributed by atoms with van der Waals surface area (Å²) in [7, 11) is 0. The maximum absolute atomic E-state index is 13.6. The van der Waals surface area contributed by atoms with Crippen LogP contribution in [0.2, 0.25) is 0 Å². The van der Waals surface area contributed by atoms with Crippen LogP contribution in [0.4, 0.5) is 0 Å². The van der Waals surface area contributed by atoms with Crippen molar-refractivity contribution in [3.8, 4) is 0 Å². The molecule has 35 heavy (non-hydrogen) atoms. The van der Waals surface area contributed by atoms with E-state index in [9.17, 15) is 14.4 Å². The summed E-state index contributed by atoms with van der Waals surface area (Å²) in [4.78, 5) is 42.8. The minimum Gasteiger partial charge on any atom is -0.478 e. The topological polar surface area (TPSA) is 98.0 Å². The van der Waals surface area contributed by atoms with Crippen LogP contribution in [0.15, 0.2) is 69.6 Å². The van der Waals surface area contributed by atoms with Crippen LogP contribution in [0.1, 0.15) is 66.7 Å². The van der Waals surface area contributed by atoms with Crippen LogP contribution in [0, 0.1) is 0 Å². The lowest BCUT2D eigenvalue weighted by atomic mass is 9.93. The van der Waals surface area contributed by atoms with Crippen LogP contribution in [-0.4, -0.2) is 28.2 Å². The number of hydrogen-bond donors (Lipinski definition) is 1. The SMILES string of the molecule is CCOC(=O)C1=C(C)N=c2s/c(=C/c3ccc(C(=O)O)cc3)c(=O)n2[C@H]1c1ccc(C(C)C)cc1. The molecule has 1 aromatic heterocycles. The van der Waals surface area contributed by atoms with Gasteiger partial charge in [-0.3, -0.25) is 9.36 Å². The van der Waals surface area contributed by atoms with E-state index >= 15 is 0 Å². The Morgan fingerprint density at radius 1 is 1.14 bits per heavy atom. The number of hydrogen-bond acceptors (Lipinski definition) is 6. The van der Waals surface area contributed by atoms with Crippen LogP contribution < -0.4 is 14.9 Å². The number of allylic oxidation sites excluding steroid dienone is 1. The van der Waals surface area contributed by atoms with Crippen molar-refractivity contribution in [2.45, 2.75) is 39.7 Å². The Bertz CT molecular complexity index is 1490. The molecular formula is C27H26N2O5S. The number of carbonyl (C=O) groups excluding carboxylic acids is 1. The lowest BCUT2D eigenvalue weighted by Crippen LogP contribution is -2.39. The van der Waals surface area contributed by atoms with Crippen molar-refractivity contribution in [1.29, 1.82) is 0 Å². The number of carboxylic acid groups (broad SMARTS) is 1. The number of esters is 1. The van der Waals surface area contributed by atoms with Gasteiger partial charge < -0.3 is 9.84 Å². The standard InChI is InChI=1S/C27H26N2O5S/c1-5-34-26(33)22-16(4)28-27-29(23(22)19-12-10-18(11-13-19)15(2)3)24(30)21(35-27)14-17-6-8-20(9-7-17)25(31)32/h6-15,23H,5H2,1-4H3,(H,31,32)/b21-14+/t23-/m0/s1. The number of aromatic nitrogens is 1. The van der Waals surface area contributed by atoms with Crippen molar-refractivity contribution < 1.29 is 19.4 Å². The molecule has 0 spiro atoms. The van der Waals surface area contributed by atoms with Gasteiger partial charge in [0.25, 0.3) is 5.56 Å². The van der Waals surface area contributed by atoms with Crippen molar-refractivity contribution in [2.75, 3.05) is 6.61 Å². The predicted octanol–water partition coefficient (Wildman–Crippen LogP) is 3.62. The number of fused-ring (bicyclic) bond motifs is 1. The Hall–Kier alpha value is -3.78. The minimum atomic E-state index is -1.01. The second-order valence-electron chi connectivity index (χ2n) is 8.55. The molecule has 0 fully saturated rings. The highest BCUT2D eigenvalue weighted by Gasteiger charge is 2.33. The van der Waals surface area contributed by atoms with Crippen LogP contribution in [0.25, 0.3) is 6.08 Å². The van der Waals surface area contributed by atoms with E-state index in [4.69, 9.17) is 9.84 Å². The molecule has 4 rings (SSSR count). The van der Waals surface area contributed by atoms with E-state index in [1.807, 2.05) is 24.3 Å². The van der Waals surface area contributed by atoms with Gasteiger partial charge in [-0.25, -0.2) is 14.6 Å². The number of aromatic carboxylic acids is 1. The van der Waals surface area contributed by atoms with Crippen molar-refractivity contribution >= 4 is 29.4 Å². The molecule has 0 aliphatic carbocycles. The maximum Gasteiger partial charge on any atom is 0.338 e. The lowest BCUT2D eigenvalue weighted by molar-refractivity contribution is -0.139. The van der Waals surface area contributed by atoms with Gasteiger partial charge in [0.1, 0.15) is 0 Å².